The van der Waals surface area contributed by atoms with Crippen LogP contribution in [0.2, 0.25) is 0 Å². The first-order chi connectivity index (χ1) is 5.57. The summed E-state index contributed by atoms with van der Waals surface area (Å²) in [7, 11) is -5.18. The van der Waals surface area contributed by atoms with Crippen LogP contribution in [0.1, 0.15) is 6.42 Å². The van der Waals surface area contributed by atoms with E-state index in [0.29, 0.717) is 0 Å². The van der Waals surface area contributed by atoms with Crippen molar-refractivity contribution >= 4 is 33.0 Å². The first-order valence-electron chi connectivity index (χ1n) is 3.25. The second kappa shape index (κ2) is 1.97. The second-order valence-electron chi connectivity index (χ2n) is 3.27. The van der Waals surface area contributed by atoms with Gasteiger partial charge in [-0.1, -0.05) is 0 Å². The van der Waals surface area contributed by atoms with Gasteiger partial charge in [0.15, 0.2) is 0 Å². The van der Waals surface area contributed by atoms with E-state index in [1.54, 1.807) is 0 Å². The van der Waals surface area contributed by atoms with Gasteiger partial charge in [-0.05, 0) is 6.42 Å². The summed E-state index contributed by atoms with van der Waals surface area (Å²) < 4.78 is 57.4. The molecule has 2 saturated carbocycles. The lowest BCUT2D eigenvalue weighted by Gasteiger charge is -2.11. The van der Waals surface area contributed by atoms with Crippen molar-refractivity contribution in [2.24, 2.45) is 0 Å². The Morgan fingerprint density at radius 2 is 1.62 bits per heavy atom. The predicted octanol–water partition coefficient (Wildman–Crippen LogP) is 1.66. The summed E-state index contributed by atoms with van der Waals surface area (Å²) in [4.78, 5) is -2.72. The average molecular weight is 255 g/mol. The van der Waals surface area contributed by atoms with Crippen molar-refractivity contribution in [3.05, 3.63) is 0 Å². The maximum Gasteiger partial charge on any atom is 0.497 e. The summed E-state index contributed by atoms with van der Waals surface area (Å²) in [6.45, 7) is 0. The van der Waals surface area contributed by atoms with E-state index in [4.69, 9.17) is 23.2 Å². The Morgan fingerprint density at radius 3 is 1.69 bits per heavy atom. The van der Waals surface area contributed by atoms with Gasteiger partial charge in [-0.3, -0.25) is 0 Å². The molecule has 0 aromatic heterocycles. The first kappa shape index (κ1) is 9.86. The summed E-state index contributed by atoms with van der Waals surface area (Å²) in [5, 5.41) is -1.66. The van der Waals surface area contributed by atoms with Crippen LogP contribution in [0.15, 0.2) is 0 Å². The number of fused-ring (bicyclic) bond motifs is 1. The topological polar surface area (TPSA) is 34.1 Å². The van der Waals surface area contributed by atoms with Crippen molar-refractivity contribution in [1.82, 2.24) is 0 Å². The molecule has 2 fully saturated rings. The van der Waals surface area contributed by atoms with Crippen molar-refractivity contribution in [2.45, 2.75) is 26.9 Å². The van der Waals surface area contributed by atoms with Gasteiger partial charge >= 0.3 is 5.51 Å². The molecule has 76 valence electrons. The highest BCUT2D eigenvalue weighted by Gasteiger charge is 2.97. The highest BCUT2D eigenvalue weighted by Crippen LogP contribution is 2.82. The molecule has 0 radical (unpaired) electrons. The van der Waals surface area contributed by atoms with Crippen LogP contribution in [-0.4, -0.2) is 28.9 Å². The lowest BCUT2D eigenvalue weighted by Crippen LogP contribution is -2.34. The zero-order valence-electron chi connectivity index (χ0n) is 5.90. The van der Waals surface area contributed by atoms with Crippen LogP contribution >= 0.6 is 23.2 Å². The SMILES string of the molecule is O=S(=O)(C1C2(Cl)CC12Cl)C(F)(F)F. The fraction of sp³-hybridized carbons (Fsp3) is 1.00. The summed E-state index contributed by atoms with van der Waals surface area (Å²) in [6, 6.07) is 0. The third-order valence-corrected chi connectivity index (χ3v) is 6.27. The lowest BCUT2D eigenvalue weighted by molar-refractivity contribution is -0.0440. The van der Waals surface area contributed by atoms with Gasteiger partial charge in [0, 0.05) is 0 Å². The second-order valence-corrected chi connectivity index (χ2v) is 6.65. The first-order valence-corrected chi connectivity index (χ1v) is 5.55. The van der Waals surface area contributed by atoms with Crippen molar-refractivity contribution in [2.75, 3.05) is 0 Å². The molecule has 0 spiro atoms. The summed E-state index contributed by atoms with van der Waals surface area (Å²) >= 11 is 11.0. The van der Waals surface area contributed by atoms with Crippen LogP contribution in [0.4, 0.5) is 13.2 Å². The molecular weight excluding hydrogens is 252 g/mol. The summed E-state index contributed by atoms with van der Waals surface area (Å²) in [6.07, 6.45) is 0.128. The Balaban J connectivity index is 2.32. The van der Waals surface area contributed by atoms with Gasteiger partial charge in [-0.15, -0.1) is 23.2 Å². The molecule has 0 aromatic rings. The fourth-order valence-corrected chi connectivity index (χ4v) is 5.13. The minimum Gasteiger partial charge on any atom is -0.219 e. The number of alkyl halides is 5. The molecule has 0 heterocycles. The summed E-state index contributed by atoms with van der Waals surface area (Å²) in [5.41, 5.74) is -5.26. The third-order valence-electron chi connectivity index (χ3n) is 2.46. The molecule has 8 heteroatoms. The fourth-order valence-electron chi connectivity index (χ4n) is 1.50. The zero-order valence-corrected chi connectivity index (χ0v) is 8.23. The van der Waals surface area contributed by atoms with Crippen molar-refractivity contribution < 1.29 is 21.6 Å². The van der Waals surface area contributed by atoms with Crippen LogP contribution in [0.25, 0.3) is 0 Å². The van der Waals surface area contributed by atoms with E-state index < -0.39 is 30.3 Å². The molecule has 2 aliphatic carbocycles. The monoisotopic (exact) mass is 254 g/mol. The predicted molar refractivity (Wildman–Crippen MR) is 40.5 cm³/mol. The zero-order chi connectivity index (χ0) is 10.3. The Bertz CT molecular complexity index is 364. The highest BCUT2D eigenvalue weighted by atomic mass is 35.5. The summed E-state index contributed by atoms with van der Waals surface area (Å²) in [5.74, 6) is 0. The molecule has 13 heavy (non-hydrogen) atoms. The third kappa shape index (κ3) is 0.894. The molecule has 0 aromatic carbocycles. The van der Waals surface area contributed by atoms with Gasteiger partial charge < -0.3 is 0 Å². The van der Waals surface area contributed by atoms with Crippen LogP contribution in [-0.2, 0) is 9.84 Å². The molecule has 2 unspecified atom stereocenters. The number of hydrogen-bond donors (Lipinski definition) is 0. The molecule has 2 rings (SSSR count). The minimum atomic E-state index is -5.26. The number of sulfone groups is 1. The molecule has 0 bridgehead atoms. The van der Waals surface area contributed by atoms with E-state index in [-0.39, 0.29) is 6.42 Å². The van der Waals surface area contributed by atoms with E-state index in [9.17, 15) is 21.6 Å². The van der Waals surface area contributed by atoms with Gasteiger partial charge in [0.25, 0.3) is 9.84 Å². The van der Waals surface area contributed by atoms with Crippen molar-refractivity contribution in [1.29, 1.82) is 0 Å². The van der Waals surface area contributed by atoms with Crippen molar-refractivity contribution in [3.8, 4) is 0 Å². The lowest BCUT2D eigenvalue weighted by atomic mass is 10.4. The number of halogens is 5. The van der Waals surface area contributed by atoms with Crippen LogP contribution in [0.3, 0.4) is 0 Å². The maximum atomic E-state index is 12.0. The van der Waals surface area contributed by atoms with Gasteiger partial charge in [-0.2, -0.15) is 13.2 Å². The molecule has 0 amide bonds. The molecule has 0 N–H and O–H groups in total. The average Bonchev–Trinajstić information content (AvgIpc) is 2.45. The Kier molecular flexibility index (Phi) is 1.49. The molecule has 0 aliphatic heterocycles. The maximum absolute atomic E-state index is 12.0. The van der Waals surface area contributed by atoms with Crippen molar-refractivity contribution in [3.63, 3.8) is 0 Å². The largest absolute Gasteiger partial charge is 0.497 e. The highest BCUT2D eigenvalue weighted by molar-refractivity contribution is 7.93. The van der Waals surface area contributed by atoms with E-state index in [2.05, 4.69) is 0 Å². The standard InChI is InChI=1S/C5H3Cl2F3O2S/c6-3-1-4(3,7)2(3)13(11,12)5(8,9)10/h2H,1H2. The van der Waals surface area contributed by atoms with E-state index in [1.807, 2.05) is 0 Å². The number of hydrogen-bond acceptors (Lipinski definition) is 2. The normalized spacial score (nSPS) is 48.5. The van der Waals surface area contributed by atoms with Crippen LogP contribution in [0.5, 0.6) is 0 Å². The number of rotatable bonds is 1. The van der Waals surface area contributed by atoms with E-state index >= 15 is 0 Å². The molecule has 0 saturated heterocycles. The molecule has 2 aliphatic rings. The Morgan fingerprint density at radius 1 is 1.23 bits per heavy atom. The Labute approximate surface area is 81.9 Å². The smallest absolute Gasteiger partial charge is 0.219 e. The quantitative estimate of drug-likeness (QED) is 0.668. The van der Waals surface area contributed by atoms with Gasteiger partial charge in [0.05, 0.1) is 9.75 Å². The van der Waals surface area contributed by atoms with E-state index in [0.717, 1.165) is 0 Å². The Hall–Kier alpha value is 0.320. The van der Waals surface area contributed by atoms with Gasteiger partial charge in [-0.25, -0.2) is 8.42 Å². The molecule has 2 nitrogen and oxygen atoms in total. The van der Waals surface area contributed by atoms with Crippen LogP contribution in [0, 0.1) is 0 Å². The molecular formula is C5H3Cl2F3O2S. The van der Waals surface area contributed by atoms with Crippen LogP contribution < -0.4 is 0 Å². The van der Waals surface area contributed by atoms with Gasteiger partial charge in [0.1, 0.15) is 5.25 Å². The van der Waals surface area contributed by atoms with Gasteiger partial charge in [0.2, 0.25) is 0 Å². The van der Waals surface area contributed by atoms with E-state index in [1.165, 1.54) is 0 Å². The molecule has 2 atom stereocenters. The minimum absolute atomic E-state index is 0.128.